The van der Waals surface area contributed by atoms with Gasteiger partial charge in [-0.05, 0) is 65.9 Å². The zero-order valence-electron chi connectivity index (χ0n) is 24.7. The van der Waals surface area contributed by atoms with Gasteiger partial charge >= 0.3 is 6.09 Å². The van der Waals surface area contributed by atoms with Crippen molar-refractivity contribution in [1.29, 1.82) is 0 Å². The van der Waals surface area contributed by atoms with Gasteiger partial charge in [-0.1, -0.05) is 66.7 Å². The lowest BCUT2D eigenvalue weighted by atomic mass is 10.0. The molecule has 1 aliphatic heterocycles. The number of amides is 2. The molecule has 10 heteroatoms. The Bertz CT molecular complexity index is 1730. The van der Waals surface area contributed by atoms with E-state index in [9.17, 15) is 9.59 Å². The number of benzene rings is 3. The molecule has 2 amide bonds. The number of carbonyl (C=O) groups is 2. The number of pyridine rings is 1. The third kappa shape index (κ3) is 7.42. The van der Waals surface area contributed by atoms with Gasteiger partial charge in [-0.2, -0.15) is 4.98 Å². The number of nitrogens with one attached hydrogen (secondary N) is 2. The van der Waals surface area contributed by atoms with Gasteiger partial charge in [-0.3, -0.25) is 14.7 Å². The van der Waals surface area contributed by atoms with E-state index in [-0.39, 0.29) is 24.6 Å². The lowest BCUT2D eigenvalue weighted by molar-refractivity contribution is -0.118. The van der Waals surface area contributed by atoms with E-state index in [1.165, 1.54) is 0 Å². The summed E-state index contributed by atoms with van der Waals surface area (Å²) in [4.78, 5) is 39.5. The number of ether oxygens (including phenoxy) is 2. The van der Waals surface area contributed by atoms with Crippen LogP contribution in [0.15, 0.2) is 116 Å². The molecule has 3 aromatic carbocycles. The number of carbonyl (C=O) groups excluding carboxylic acids is 2. The van der Waals surface area contributed by atoms with Crippen molar-refractivity contribution in [2.75, 3.05) is 28.7 Å². The highest BCUT2D eigenvalue weighted by atomic mass is 16.6. The molecular weight excluding hydrogens is 568 g/mol. The molecule has 0 radical (unpaired) electrons. The van der Waals surface area contributed by atoms with Crippen molar-refractivity contribution in [2.45, 2.75) is 25.4 Å². The van der Waals surface area contributed by atoms with E-state index in [4.69, 9.17) is 9.47 Å². The molecular formula is C35H32N6O4. The van der Waals surface area contributed by atoms with Crippen LogP contribution in [0.5, 0.6) is 5.75 Å². The van der Waals surface area contributed by atoms with Crippen molar-refractivity contribution in [3.05, 3.63) is 127 Å². The molecule has 0 bridgehead atoms. The Kier molecular flexibility index (Phi) is 8.91. The van der Waals surface area contributed by atoms with Crippen LogP contribution in [-0.2, 0) is 16.0 Å². The monoisotopic (exact) mass is 600 g/mol. The minimum absolute atomic E-state index is 0.0913. The van der Waals surface area contributed by atoms with Gasteiger partial charge in [-0.25, -0.2) is 9.78 Å². The number of hydrogen-bond donors (Lipinski definition) is 2. The topological polar surface area (TPSA) is 119 Å². The van der Waals surface area contributed by atoms with Crippen molar-refractivity contribution in [2.24, 2.45) is 0 Å². The molecule has 45 heavy (non-hydrogen) atoms. The number of rotatable bonds is 11. The van der Waals surface area contributed by atoms with Crippen molar-refractivity contribution < 1.29 is 19.1 Å². The van der Waals surface area contributed by atoms with Gasteiger partial charge in [0.15, 0.2) is 6.61 Å². The first kappa shape index (κ1) is 29.3. The number of hydrogen-bond acceptors (Lipinski definition) is 8. The van der Waals surface area contributed by atoms with E-state index in [2.05, 4.69) is 49.9 Å². The van der Waals surface area contributed by atoms with Crippen LogP contribution in [0.1, 0.15) is 24.1 Å². The van der Waals surface area contributed by atoms with Crippen molar-refractivity contribution in [1.82, 2.24) is 15.0 Å². The van der Waals surface area contributed by atoms with Gasteiger partial charge in [0.25, 0.3) is 5.91 Å². The van der Waals surface area contributed by atoms with E-state index in [1.54, 1.807) is 41.7 Å². The van der Waals surface area contributed by atoms with Crippen LogP contribution >= 0.6 is 0 Å². The summed E-state index contributed by atoms with van der Waals surface area (Å²) in [5, 5.41) is 6.19. The quantitative estimate of drug-likeness (QED) is 0.181. The highest BCUT2D eigenvalue weighted by Crippen LogP contribution is 2.27. The number of nitrogens with zero attached hydrogens (tertiary/aromatic N) is 4. The Hall–Kier alpha value is -5.77. The summed E-state index contributed by atoms with van der Waals surface area (Å²) in [5.74, 6) is 1.21. The molecule has 6 rings (SSSR count). The Morgan fingerprint density at radius 3 is 2.44 bits per heavy atom. The third-order valence-electron chi connectivity index (χ3n) is 7.43. The zero-order valence-corrected chi connectivity index (χ0v) is 24.7. The van der Waals surface area contributed by atoms with Gasteiger partial charge in [0.05, 0.1) is 18.3 Å². The van der Waals surface area contributed by atoms with E-state index in [0.717, 1.165) is 22.3 Å². The Labute approximate surface area is 261 Å². The second-order valence-corrected chi connectivity index (χ2v) is 10.6. The minimum Gasteiger partial charge on any atom is -0.482 e. The molecule has 0 saturated carbocycles. The smallest absolute Gasteiger partial charge is 0.415 e. The average molecular weight is 601 g/mol. The fourth-order valence-corrected chi connectivity index (χ4v) is 5.10. The Morgan fingerprint density at radius 1 is 0.956 bits per heavy atom. The second kappa shape index (κ2) is 13.7. The fourth-order valence-electron chi connectivity index (χ4n) is 5.10. The van der Waals surface area contributed by atoms with Crippen LogP contribution in [-0.4, -0.2) is 46.2 Å². The van der Waals surface area contributed by atoms with Gasteiger partial charge in [0.2, 0.25) is 5.95 Å². The average Bonchev–Trinajstić information content (AvgIpc) is 3.44. The molecule has 2 atom stereocenters. The van der Waals surface area contributed by atoms with Gasteiger partial charge in [0, 0.05) is 18.1 Å². The van der Waals surface area contributed by atoms with Crippen LogP contribution in [0, 0.1) is 0 Å². The highest BCUT2D eigenvalue weighted by Gasteiger charge is 2.35. The largest absolute Gasteiger partial charge is 0.482 e. The molecule has 0 unspecified atom stereocenters. The third-order valence-corrected chi connectivity index (χ3v) is 7.43. The maximum absolute atomic E-state index is 12.6. The van der Waals surface area contributed by atoms with Crippen molar-refractivity contribution in [3.63, 3.8) is 0 Å². The SMILES string of the molecule is C[C@H](Nc1nccc(N2C(=O)OC[C@@H]2Cc2ccccc2)n1)c1ccc(-c2ccc(NC(=O)COc3cccnc3)cc2)cc1. The zero-order chi connectivity index (χ0) is 31.0. The molecule has 2 N–H and O–H groups in total. The normalized spacial score (nSPS) is 14.8. The predicted molar refractivity (Wildman–Crippen MR) is 172 cm³/mol. The van der Waals surface area contributed by atoms with Crippen LogP contribution in [0.25, 0.3) is 11.1 Å². The lowest BCUT2D eigenvalue weighted by Gasteiger charge is -2.21. The van der Waals surface area contributed by atoms with Crippen LogP contribution in [0.3, 0.4) is 0 Å². The van der Waals surface area contributed by atoms with Gasteiger partial charge in [0.1, 0.15) is 18.2 Å². The number of cyclic esters (lactones) is 1. The van der Waals surface area contributed by atoms with Crippen molar-refractivity contribution in [3.8, 4) is 16.9 Å². The lowest BCUT2D eigenvalue weighted by Crippen LogP contribution is -2.35. The first-order valence-corrected chi connectivity index (χ1v) is 14.6. The van der Waals surface area contributed by atoms with E-state index < -0.39 is 6.09 Å². The maximum atomic E-state index is 12.6. The molecule has 1 fully saturated rings. The molecule has 3 heterocycles. The maximum Gasteiger partial charge on any atom is 0.415 e. The minimum atomic E-state index is -0.408. The summed E-state index contributed by atoms with van der Waals surface area (Å²) in [5.41, 5.74) is 4.92. The summed E-state index contributed by atoms with van der Waals surface area (Å²) in [6.45, 7) is 2.24. The first-order valence-electron chi connectivity index (χ1n) is 14.6. The Morgan fingerprint density at radius 2 is 1.71 bits per heavy atom. The molecule has 226 valence electrons. The summed E-state index contributed by atoms with van der Waals surface area (Å²) >= 11 is 0. The van der Waals surface area contributed by atoms with E-state index >= 15 is 0 Å². The standard InChI is InChI=1S/C35H32N6O4/c1-24(38-34-37-19-17-32(40-34)41-30(22-45-35(41)43)20-25-6-3-2-4-7-25)26-9-11-27(12-10-26)28-13-15-29(16-14-28)39-33(42)23-44-31-8-5-18-36-21-31/h2-19,21,24,30H,20,22-23H2,1H3,(H,39,42)(H,37,38,40)/t24-,30-/m0/s1. The number of anilines is 3. The molecule has 1 aliphatic rings. The highest BCUT2D eigenvalue weighted by molar-refractivity contribution is 5.92. The second-order valence-electron chi connectivity index (χ2n) is 10.6. The molecule has 5 aromatic rings. The van der Waals surface area contributed by atoms with Crippen molar-refractivity contribution >= 4 is 29.5 Å². The van der Waals surface area contributed by atoms with Gasteiger partial charge < -0.3 is 20.1 Å². The van der Waals surface area contributed by atoms with Crippen LogP contribution in [0.4, 0.5) is 22.2 Å². The molecule has 0 aliphatic carbocycles. The van der Waals surface area contributed by atoms with Crippen LogP contribution < -0.4 is 20.3 Å². The van der Waals surface area contributed by atoms with E-state index in [0.29, 0.717) is 36.2 Å². The Balaban J connectivity index is 1.05. The summed E-state index contributed by atoms with van der Waals surface area (Å²) < 4.78 is 10.8. The van der Waals surface area contributed by atoms with Gasteiger partial charge in [-0.15, -0.1) is 0 Å². The predicted octanol–water partition coefficient (Wildman–Crippen LogP) is 6.30. The van der Waals surface area contributed by atoms with E-state index in [1.807, 2.05) is 61.5 Å². The summed E-state index contributed by atoms with van der Waals surface area (Å²) in [6.07, 6.45) is 5.11. The summed E-state index contributed by atoms with van der Waals surface area (Å²) in [6, 6.07) is 30.9. The number of aromatic nitrogens is 3. The molecule has 0 spiro atoms. The molecule has 1 saturated heterocycles. The van der Waals surface area contributed by atoms with Crippen LogP contribution in [0.2, 0.25) is 0 Å². The fraction of sp³-hybridized carbons (Fsp3) is 0.171. The molecule has 10 nitrogen and oxygen atoms in total. The first-order chi connectivity index (χ1) is 22.0. The molecule has 2 aromatic heterocycles. The summed E-state index contributed by atoms with van der Waals surface area (Å²) in [7, 11) is 0.